The lowest BCUT2D eigenvalue weighted by molar-refractivity contribution is -0.116. The highest BCUT2D eigenvalue weighted by atomic mass is 16.3. The van der Waals surface area contributed by atoms with Crippen LogP contribution in [0.25, 0.3) is 0 Å². The van der Waals surface area contributed by atoms with E-state index in [0.29, 0.717) is 0 Å². The summed E-state index contributed by atoms with van der Waals surface area (Å²) >= 11 is 0. The van der Waals surface area contributed by atoms with Crippen LogP contribution in [0.5, 0.6) is 0 Å². The van der Waals surface area contributed by atoms with Gasteiger partial charge in [0.05, 0.1) is 6.73 Å². The van der Waals surface area contributed by atoms with Crippen LogP contribution in [0.1, 0.15) is 43.7 Å². The fourth-order valence-corrected chi connectivity index (χ4v) is 5.33. The van der Waals surface area contributed by atoms with Crippen LogP contribution in [0.2, 0.25) is 0 Å². The Kier molecular flexibility index (Phi) is 5.28. The van der Waals surface area contributed by atoms with E-state index >= 15 is 0 Å². The van der Waals surface area contributed by atoms with Crippen molar-refractivity contribution in [2.45, 2.75) is 44.9 Å². The molecule has 0 saturated carbocycles. The van der Waals surface area contributed by atoms with Gasteiger partial charge >= 0.3 is 0 Å². The Hall–Kier alpha value is -1.43. The van der Waals surface area contributed by atoms with E-state index in [4.69, 9.17) is 0 Å². The summed E-state index contributed by atoms with van der Waals surface area (Å²) in [5, 5.41) is 9.26. The fraction of sp³-hybridized carbons (Fsp3) is 0.682. The lowest BCUT2D eigenvalue weighted by Gasteiger charge is -2.42. The van der Waals surface area contributed by atoms with Crippen LogP contribution in [0, 0.1) is 12.8 Å². The molecule has 1 aromatic carbocycles. The first-order valence-corrected chi connectivity index (χ1v) is 10.5. The summed E-state index contributed by atoms with van der Waals surface area (Å²) in [6.45, 7) is 10.4. The normalized spacial score (nSPS) is 23.7. The maximum absolute atomic E-state index is 12.2. The fourth-order valence-electron chi connectivity index (χ4n) is 5.33. The molecule has 5 nitrogen and oxygen atoms in total. The monoisotopic (exact) mass is 371 g/mol. The predicted octanol–water partition coefficient (Wildman–Crippen LogP) is 2.36. The van der Waals surface area contributed by atoms with Crippen LogP contribution in [0.15, 0.2) is 18.2 Å². The molecule has 2 saturated heterocycles. The largest absolute Gasteiger partial charge is 0.381 e. The maximum Gasteiger partial charge on any atom is 0.223 e. The summed E-state index contributed by atoms with van der Waals surface area (Å²) in [5.74, 6) is 0.920. The highest BCUT2D eigenvalue weighted by Gasteiger charge is 2.45. The minimum Gasteiger partial charge on any atom is -0.381 e. The number of aliphatic hydroxyl groups excluding tert-OH is 1. The van der Waals surface area contributed by atoms with Gasteiger partial charge in [0.1, 0.15) is 0 Å². The van der Waals surface area contributed by atoms with Gasteiger partial charge in [0.25, 0.3) is 0 Å². The van der Waals surface area contributed by atoms with Gasteiger partial charge in [-0.1, -0.05) is 17.7 Å². The number of nitrogens with zero attached hydrogens (tertiary/aromatic N) is 3. The third kappa shape index (κ3) is 3.65. The van der Waals surface area contributed by atoms with Crippen molar-refractivity contribution in [2.24, 2.45) is 5.92 Å². The molecule has 0 aromatic heterocycles. The number of aliphatic hydroxyl groups is 1. The molecule has 3 aliphatic rings. The van der Waals surface area contributed by atoms with Crippen LogP contribution in [-0.4, -0.2) is 66.8 Å². The van der Waals surface area contributed by atoms with Crippen LogP contribution in [-0.2, 0) is 10.2 Å². The van der Waals surface area contributed by atoms with Crippen LogP contribution < -0.4 is 4.90 Å². The molecule has 0 unspecified atom stereocenters. The number of rotatable bonds is 3. The van der Waals surface area contributed by atoms with Gasteiger partial charge in [-0.3, -0.25) is 9.69 Å². The Morgan fingerprint density at radius 1 is 1.15 bits per heavy atom. The number of anilines is 1. The van der Waals surface area contributed by atoms with E-state index in [1.165, 1.54) is 30.5 Å². The first-order valence-electron chi connectivity index (χ1n) is 10.5. The van der Waals surface area contributed by atoms with Crippen molar-refractivity contribution >= 4 is 11.6 Å². The van der Waals surface area contributed by atoms with Gasteiger partial charge in [-0.15, -0.1) is 0 Å². The smallest absolute Gasteiger partial charge is 0.223 e. The molecule has 0 radical (unpaired) electrons. The number of fused-ring (bicyclic) bond motifs is 2. The Morgan fingerprint density at radius 2 is 1.85 bits per heavy atom. The van der Waals surface area contributed by atoms with E-state index in [0.717, 1.165) is 57.2 Å². The summed E-state index contributed by atoms with van der Waals surface area (Å²) in [6.07, 6.45) is 4.68. The summed E-state index contributed by atoms with van der Waals surface area (Å²) in [5.41, 5.74) is 3.96. The summed E-state index contributed by atoms with van der Waals surface area (Å²) in [7, 11) is 0. The van der Waals surface area contributed by atoms with Gasteiger partial charge in [0.2, 0.25) is 5.91 Å². The zero-order valence-corrected chi connectivity index (χ0v) is 16.8. The average molecular weight is 372 g/mol. The summed E-state index contributed by atoms with van der Waals surface area (Å²) in [4.78, 5) is 19.0. The Labute approximate surface area is 162 Å². The molecule has 27 heavy (non-hydrogen) atoms. The minimum atomic E-state index is 0.143. The van der Waals surface area contributed by atoms with Crippen molar-refractivity contribution in [1.82, 2.24) is 9.80 Å². The Morgan fingerprint density at radius 3 is 2.48 bits per heavy atom. The third-order valence-electron chi connectivity index (χ3n) is 7.09. The molecule has 1 aromatic rings. The van der Waals surface area contributed by atoms with E-state index < -0.39 is 0 Å². The number of benzene rings is 1. The van der Waals surface area contributed by atoms with Gasteiger partial charge < -0.3 is 14.9 Å². The van der Waals surface area contributed by atoms with Gasteiger partial charge in [-0.05, 0) is 63.2 Å². The van der Waals surface area contributed by atoms with E-state index in [2.05, 4.69) is 34.9 Å². The van der Waals surface area contributed by atoms with E-state index in [-0.39, 0.29) is 18.1 Å². The molecule has 1 N–H and O–H groups in total. The molecule has 1 amide bonds. The van der Waals surface area contributed by atoms with Crippen molar-refractivity contribution in [2.75, 3.05) is 50.9 Å². The molecule has 0 atom stereocenters. The second kappa shape index (κ2) is 7.53. The zero-order chi connectivity index (χ0) is 19.0. The number of amides is 1. The molecule has 148 valence electrons. The number of aryl methyl sites for hydroxylation is 1. The first kappa shape index (κ1) is 18.9. The maximum atomic E-state index is 12.2. The number of carbonyl (C=O) groups excluding carboxylic acids is 1. The molecular formula is C22H33N3O2. The van der Waals surface area contributed by atoms with Crippen molar-refractivity contribution in [3.8, 4) is 0 Å². The molecule has 4 rings (SSSR count). The van der Waals surface area contributed by atoms with Gasteiger partial charge in [-0.2, -0.15) is 0 Å². The Balaban J connectivity index is 1.41. The number of likely N-dealkylation sites (tertiary alicyclic amines) is 2. The highest BCUT2D eigenvalue weighted by Crippen LogP contribution is 2.47. The predicted molar refractivity (Wildman–Crippen MR) is 108 cm³/mol. The van der Waals surface area contributed by atoms with Crippen molar-refractivity contribution in [1.29, 1.82) is 0 Å². The molecule has 1 spiro atoms. The summed E-state index contributed by atoms with van der Waals surface area (Å²) in [6, 6.07) is 6.59. The quantitative estimate of drug-likeness (QED) is 0.886. The molecule has 3 aliphatic heterocycles. The second-order valence-corrected chi connectivity index (χ2v) is 8.91. The van der Waals surface area contributed by atoms with E-state index in [1.807, 2.05) is 4.90 Å². The molecule has 2 fully saturated rings. The lowest BCUT2D eigenvalue weighted by atomic mass is 9.74. The third-order valence-corrected chi connectivity index (χ3v) is 7.09. The lowest BCUT2D eigenvalue weighted by Crippen LogP contribution is -2.47. The van der Waals surface area contributed by atoms with E-state index in [9.17, 15) is 9.90 Å². The number of carbonyl (C=O) groups is 1. The van der Waals surface area contributed by atoms with Crippen molar-refractivity contribution in [3.63, 3.8) is 0 Å². The van der Waals surface area contributed by atoms with Gasteiger partial charge in [-0.25, -0.2) is 0 Å². The highest BCUT2D eigenvalue weighted by molar-refractivity contribution is 5.94. The van der Waals surface area contributed by atoms with Crippen LogP contribution in [0.3, 0.4) is 0 Å². The number of piperidine rings is 2. The van der Waals surface area contributed by atoms with Gasteiger partial charge in [0, 0.05) is 44.2 Å². The summed E-state index contributed by atoms with van der Waals surface area (Å²) < 4.78 is 0. The SMILES string of the molecule is CC(=O)N1CC2(CCN(CC3CCN(CO)CC3)CC2)c2cc(C)ccc21. The molecule has 3 heterocycles. The minimum absolute atomic E-state index is 0.143. The second-order valence-electron chi connectivity index (χ2n) is 8.91. The molecule has 0 aliphatic carbocycles. The van der Waals surface area contributed by atoms with E-state index in [1.54, 1.807) is 6.92 Å². The van der Waals surface area contributed by atoms with Crippen LogP contribution >= 0.6 is 0 Å². The Bertz CT molecular complexity index is 689. The van der Waals surface area contributed by atoms with Crippen LogP contribution in [0.4, 0.5) is 5.69 Å². The first-order chi connectivity index (χ1) is 13.0. The van der Waals surface area contributed by atoms with Crippen molar-refractivity contribution in [3.05, 3.63) is 29.3 Å². The zero-order valence-electron chi connectivity index (χ0n) is 16.8. The molecule has 5 heteroatoms. The number of hydrogen-bond acceptors (Lipinski definition) is 4. The molecular weight excluding hydrogens is 338 g/mol. The number of hydrogen-bond donors (Lipinski definition) is 1. The molecule has 0 bridgehead atoms. The average Bonchev–Trinajstić information content (AvgIpc) is 2.98. The topological polar surface area (TPSA) is 47.0 Å². The van der Waals surface area contributed by atoms with Gasteiger partial charge in [0.15, 0.2) is 0 Å². The van der Waals surface area contributed by atoms with Crippen molar-refractivity contribution < 1.29 is 9.90 Å². The standard InChI is InChI=1S/C22H33N3O2/c1-17-3-4-21-20(13-17)22(15-25(21)18(2)27)7-11-23(12-8-22)14-19-5-9-24(16-26)10-6-19/h3-4,13,19,26H,5-12,14-16H2,1-2H3.